The van der Waals surface area contributed by atoms with Gasteiger partial charge in [-0.2, -0.15) is 4.31 Å². The van der Waals surface area contributed by atoms with E-state index >= 15 is 0 Å². The van der Waals surface area contributed by atoms with Crippen LogP contribution in [0.15, 0.2) is 23.1 Å². The van der Waals surface area contributed by atoms with Crippen molar-refractivity contribution >= 4 is 16.0 Å². The zero-order valence-corrected chi connectivity index (χ0v) is 15.6. The molecule has 2 rings (SSSR count). The van der Waals surface area contributed by atoms with Gasteiger partial charge in [0.05, 0.1) is 4.90 Å². The summed E-state index contributed by atoms with van der Waals surface area (Å²) in [6, 6.07) is 3.87. The minimum atomic E-state index is -3.81. The van der Waals surface area contributed by atoms with Crippen molar-refractivity contribution in [3.05, 3.63) is 29.6 Å². The Balaban J connectivity index is 2.26. The summed E-state index contributed by atoms with van der Waals surface area (Å²) in [5, 5.41) is 8.95. The number of hydrogen-bond donors (Lipinski definition) is 1. The lowest BCUT2D eigenvalue weighted by Crippen LogP contribution is -2.50. The molecule has 1 aliphatic heterocycles. The van der Waals surface area contributed by atoms with Crippen LogP contribution in [0, 0.1) is 18.7 Å². The third kappa shape index (κ3) is 4.56. The topological polar surface area (TPSA) is 77.9 Å². The highest BCUT2D eigenvalue weighted by molar-refractivity contribution is 7.89. The van der Waals surface area contributed by atoms with Gasteiger partial charge in [-0.25, -0.2) is 12.8 Å². The van der Waals surface area contributed by atoms with E-state index in [1.807, 2.05) is 19.0 Å². The van der Waals surface area contributed by atoms with Gasteiger partial charge in [0.2, 0.25) is 10.0 Å². The fraction of sp³-hybridized carbons (Fsp3) is 0.588. The summed E-state index contributed by atoms with van der Waals surface area (Å²) in [5.41, 5.74) is 0.498. The molecule has 0 radical (unpaired) electrons. The first-order chi connectivity index (χ1) is 11.6. The lowest BCUT2D eigenvalue weighted by Gasteiger charge is -2.41. The first-order valence-corrected chi connectivity index (χ1v) is 9.71. The molecule has 0 saturated carbocycles. The number of carboxylic acids is 1. The predicted octanol–water partition coefficient (Wildman–Crippen LogP) is 1.94. The van der Waals surface area contributed by atoms with Crippen molar-refractivity contribution in [3.63, 3.8) is 0 Å². The van der Waals surface area contributed by atoms with E-state index in [0.717, 1.165) is 6.07 Å². The number of benzene rings is 1. The van der Waals surface area contributed by atoms with Gasteiger partial charge in [-0.1, -0.05) is 6.07 Å². The first kappa shape index (κ1) is 19.8. The van der Waals surface area contributed by atoms with Crippen LogP contribution in [0.25, 0.3) is 0 Å². The van der Waals surface area contributed by atoms with Crippen LogP contribution >= 0.6 is 0 Å². The normalized spacial score (nSPS) is 22.3. The number of aryl methyl sites for hydroxylation is 1. The second-order valence-electron chi connectivity index (χ2n) is 6.78. The molecule has 1 aromatic rings. The number of carbonyl (C=O) groups is 1. The average molecular weight is 372 g/mol. The minimum Gasteiger partial charge on any atom is -0.481 e. The molecule has 8 heteroatoms. The fourth-order valence-corrected chi connectivity index (χ4v) is 5.22. The van der Waals surface area contributed by atoms with E-state index in [1.165, 1.54) is 16.4 Å². The molecule has 140 valence electrons. The molecule has 25 heavy (non-hydrogen) atoms. The number of nitrogens with zero attached hydrogens (tertiary/aromatic N) is 2. The lowest BCUT2D eigenvalue weighted by atomic mass is 9.88. The number of aliphatic carboxylic acids is 1. The molecule has 0 unspecified atom stereocenters. The smallest absolute Gasteiger partial charge is 0.303 e. The van der Waals surface area contributed by atoms with E-state index in [1.54, 1.807) is 6.92 Å². The van der Waals surface area contributed by atoms with Gasteiger partial charge in [0.1, 0.15) is 5.82 Å². The van der Waals surface area contributed by atoms with Crippen LogP contribution in [-0.2, 0) is 14.8 Å². The zero-order valence-electron chi connectivity index (χ0n) is 14.8. The van der Waals surface area contributed by atoms with E-state index in [0.29, 0.717) is 24.9 Å². The van der Waals surface area contributed by atoms with Crippen LogP contribution in [0.3, 0.4) is 0 Å². The summed E-state index contributed by atoms with van der Waals surface area (Å²) < 4.78 is 40.8. The van der Waals surface area contributed by atoms with Crippen molar-refractivity contribution < 1.29 is 22.7 Å². The maximum absolute atomic E-state index is 13.5. The summed E-state index contributed by atoms with van der Waals surface area (Å²) in [6.07, 6.45) is 1.03. The largest absolute Gasteiger partial charge is 0.481 e. The van der Waals surface area contributed by atoms with Gasteiger partial charge >= 0.3 is 5.97 Å². The summed E-state index contributed by atoms with van der Waals surface area (Å²) >= 11 is 0. The molecule has 0 amide bonds. The monoisotopic (exact) mass is 372 g/mol. The standard InChI is InChI=1S/C17H25FN2O4S/c1-12-4-6-14(18)10-16(12)25(23,24)20-9-8-15(19(2)3)13(11-20)5-7-17(21)22/h4,6,10,13,15H,5,7-9,11H2,1-3H3,(H,21,22)/t13-,15+/m0/s1. The van der Waals surface area contributed by atoms with E-state index in [4.69, 9.17) is 5.11 Å². The van der Waals surface area contributed by atoms with Crippen LogP contribution in [0.2, 0.25) is 0 Å². The average Bonchev–Trinajstić information content (AvgIpc) is 2.54. The summed E-state index contributed by atoms with van der Waals surface area (Å²) in [7, 11) is 0.0235. The highest BCUT2D eigenvalue weighted by Crippen LogP contribution is 2.30. The molecular formula is C17H25FN2O4S. The number of hydrogen-bond acceptors (Lipinski definition) is 4. The van der Waals surface area contributed by atoms with Crippen molar-refractivity contribution in [2.24, 2.45) is 5.92 Å². The Bertz CT molecular complexity index is 736. The Hall–Kier alpha value is -1.51. The number of carboxylic acid groups (broad SMARTS) is 1. The highest BCUT2D eigenvalue weighted by Gasteiger charge is 2.37. The molecule has 2 atom stereocenters. The molecule has 6 nitrogen and oxygen atoms in total. The summed E-state index contributed by atoms with van der Waals surface area (Å²) in [4.78, 5) is 12.9. The van der Waals surface area contributed by atoms with E-state index in [2.05, 4.69) is 0 Å². The Morgan fingerprint density at radius 2 is 2.08 bits per heavy atom. The highest BCUT2D eigenvalue weighted by atomic mass is 32.2. The fourth-order valence-electron chi connectivity index (χ4n) is 3.47. The Labute approximate surface area is 148 Å². The molecule has 0 aromatic heterocycles. The molecule has 1 aliphatic rings. The zero-order chi connectivity index (χ0) is 18.8. The lowest BCUT2D eigenvalue weighted by molar-refractivity contribution is -0.137. The van der Waals surface area contributed by atoms with Crippen LogP contribution in [0.4, 0.5) is 4.39 Å². The Morgan fingerprint density at radius 1 is 1.40 bits per heavy atom. The van der Waals surface area contributed by atoms with Crippen LogP contribution in [0.5, 0.6) is 0 Å². The van der Waals surface area contributed by atoms with Gasteiger partial charge in [-0.3, -0.25) is 4.79 Å². The van der Waals surface area contributed by atoms with E-state index < -0.39 is 21.8 Å². The Morgan fingerprint density at radius 3 is 2.68 bits per heavy atom. The molecule has 1 fully saturated rings. The summed E-state index contributed by atoms with van der Waals surface area (Å²) in [5.74, 6) is -1.56. The van der Waals surface area contributed by atoms with Gasteiger partial charge in [0.15, 0.2) is 0 Å². The van der Waals surface area contributed by atoms with Crippen LogP contribution < -0.4 is 0 Å². The number of piperidine rings is 1. The number of sulfonamides is 1. The Kier molecular flexibility index (Phi) is 6.18. The predicted molar refractivity (Wildman–Crippen MR) is 92.3 cm³/mol. The van der Waals surface area contributed by atoms with Crippen molar-refractivity contribution in [1.82, 2.24) is 9.21 Å². The van der Waals surface area contributed by atoms with Gasteiger partial charge in [0, 0.05) is 25.6 Å². The van der Waals surface area contributed by atoms with Crippen molar-refractivity contribution in [1.29, 1.82) is 0 Å². The minimum absolute atomic E-state index is 0.00187. The van der Waals surface area contributed by atoms with Crippen molar-refractivity contribution in [3.8, 4) is 0 Å². The molecule has 1 saturated heterocycles. The number of halogens is 1. The third-order valence-corrected chi connectivity index (χ3v) is 6.82. The number of rotatable bonds is 6. The molecule has 1 heterocycles. The first-order valence-electron chi connectivity index (χ1n) is 8.27. The SMILES string of the molecule is Cc1ccc(F)cc1S(=O)(=O)N1CC[C@@H](N(C)C)[C@@H](CCC(=O)O)C1. The maximum atomic E-state index is 13.5. The van der Waals surface area contributed by atoms with E-state index in [9.17, 15) is 17.6 Å². The second-order valence-corrected chi connectivity index (χ2v) is 8.69. The van der Waals surface area contributed by atoms with Crippen molar-refractivity contribution in [2.75, 3.05) is 27.2 Å². The molecule has 1 aromatic carbocycles. The molecule has 0 bridgehead atoms. The van der Waals surface area contributed by atoms with Gasteiger partial charge in [-0.15, -0.1) is 0 Å². The third-order valence-electron chi connectivity index (χ3n) is 4.82. The quantitative estimate of drug-likeness (QED) is 0.826. The summed E-state index contributed by atoms with van der Waals surface area (Å²) in [6.45, 7) is 2.22. The van der Waals surface area contributed by atoms with Gasteiger partial charge < -0.3 is 10.0 Å². The molecule has 0 spiro atoms. The molecule has 0 aliphatic carbocycles. The maximum Gasteiger partial charge on any atom is 0.303 e. The molecule has 1 N–H and O–H groups in total. The van der Waals surface area contributed by atoms with Crippen LogP contribution in [-0.4, -0.2) is 61.9 Å². The second kappa shape index (κ2) is 7.80. The van der Waals surface area contributed by atoms with Crippen LogP contribution in [0.1, 0.15) is 24.8 Å². The molecular weight excluding hydrogens is 347 g/mol. The van der Waals surface area contributed by atoms with Gasteiger partial charge in [-0.05, 0) is 57.5 Å². The van der Waals surface area contributed by atoms with E-state index in [-0.39, 0.29) is 29.8 Å². The van der Waals surface area contributed by atoms with Crippen molar-refractivity contribution in [2.45, 2.75) is 37.1 Å². The van der Waals surface area contributed by atoms with Gasteiger partial charge in [0.25, 0.3) is 0 Å².